The summed E-state index contributed by atoms with van der Waals surface area (Å²) in [6.07, 6.45) is 1.33. The topological polar surface area (TPSA) is 0 Å². The lowest BCUT2D eigenvalue weighted by atomic mass is 9.86. The SMILES string of the molecule is C.C.CC(C)CC(C)(C)C.Cc1ccccc1. The minimum Gasteiger partial charge on any atom is -0.0776 e. The third-order valence-electron chi connectivity index (χ3n) is 1.96. The summed E-state index contributed by atoms with van der Waals surface area (Å²) in [5.41, 5.74) is 1.84. The Morgan fingerprint density at radius 3 is 1.47 bits per heavy atom. The number of hydrogen-bond acceptors (Lipinski definition) is 0. The van der Waals surface area contributed by atoms with Gasteiger partial charge in [-0.15, -0.1) is 0 Å². The van der Waals surface area contributed by atoms with Gasteiger partial charge in [-0.1, -0.05) is 85.4 Å². The fraction of sp³-hybridized carbons (Fsp3) is 0.647. The number of aryl methyl sites for hydroxylation is 1. The van der Waals surface area contributed by atoms with E-state index >= 15 is 0 Å². The summed E-state index contributed by atoms with van der Waals surface area (Å²) >= 11 is 0. The first-order valence-electron chi connectivity index (χ1n) is 5.83. The minimum absolute atomic E-state index is 0. The van der Waals surface area contributed by atoms with Crippen LogP contribution in [-0.2, 0) is 0 Å². The van der Waals surface area contributed by atoms with E-state index in [4.69, 9.17) is 0 Å². The fourth-order valence-electron chi connectivity index (χ4n) is 1.76. The van der Waals surface area contributed by atoms with Gasteiger partial charge in [-0.25, -0.2) is 0 Å². The van der Waals surface area contributed by atoms with Crippen molar-refractivity contribution >= 4 is 0 Å². The Morgan fingerprint density at radius 1 is 0.941 bits per heavy atom. The molecule has 0 bridgehead atoms. The van der Waals surface area contributed by atoms with Crippen LogP contribution in [0.15, 0.2) is 30.3 Å². The quantitative estimate of drug-likeness (QED) is 0.535. The molecule has 0 aliphatic carbocycles. The molecule has 0 saturated heterocycles. The molecule has 0 heterocycles. The van der Waals surface area contributed by atoms with Crippen molar-refractivity contribution in [1.82, 2.24) is 0 Å². The monoisotopic (exact) mass is 238 g/mol. The summed E-state index contributed by atoms with van der Waals surface area (Å²) in [5, 5.41) is 0. The van der Waals surface area contributed by atoms with Crippen LogP contribution in [0.2, 0.25) is 0 Å². The normalized spacial score (nSPS) is 9.59. The highest BCUT2D eigenvalue weighted by Crippen LogP contribution is 2.23. The first kappa shape index (κ1) is 21.5. The average Bonchev–Trinajstić information content (AvgIpc) is 2.01. The molecule has 0 aliphatic heterocycles. The first-order valence-corrected chi connectivity index (χ1v) is 5.83. The zero-order chi connectivity index (χ0) is 11.9. The molecule has 0 radical (unpaired) electrons. The molecule has 0 amide bonds. The van der Waals surface area contributed by atoms with Crippen molar-refractivity contribution in [3.8, 4) is 0 Å². The van der Waals surface area contributed by atoms with Crippen LogP contribution in [0.4, 0.5) is 0 Å². The van der Waals surface area contributed by atoms with E-state index in [0.29, 0.717) is 5.41 Å². The predicted molar refractivity (Wildman–Crippen MR) is 83.6 cm³/mol. The van der Waals surface area contributed by atoms with Gasteiger partial charge in [0.15, 0.2) is 0 Å². The summed E-state index contributed by atoms with van der Waals surface area (Å²) in [6.45, 7) is 13.5. The van der Waals surface area contributed by atoms with Crippen molar-refractivity contribution in [2.45, 2.75) is 62.8 Å². The van der Waals surface area contributed by atoms with E-state index in [9.17, 15) is 0 Å². The Kier molecular flexibility index (Phi) is 13.1. The van der Waals surface area contributed by atoms with Gasteiger partial charge in [0.05, 0.1) is 0 Å². The Balaban J connectivity index is -0.000000207. The van der Waals surface area contributed by atoms with Gasteiger partial charge in [-0.2, -0.15) is 0 Å². The Labute approximate surface area is 110 Å². The van der Waals surface area contributed by atoms with Crippen LogP contribution in [0.3, 0.4) is 0 Å². The van der Waals surface area contributed by atoms with Gasteiger partial charge < -0.3 is 0 Å². The third kappa shape index (κ3) is 17.8. The minimum atomic E-state index is 0. The highest BCUT2D eigenvalue weighted by molar-refractivity contribution is 5.11. The maximum Gasteiger partial charge on any atom is -0.0380 e. The second-order valence-electron chi connectivity index (χ2n) is 5.81. The molecule has 1 aromatic rings. The van der Waals surface area contributed by atoms with Crippen LogP contribution < -0.4 is 0 Å². The fourth-order valence-corrected chi connectivity index (χ4v) is 1.76. The average molecular weight is 238 g/mol. The molecule has 0 aliphatic rings. The zero-order valence-electron chi connectivity index (χ0n) is 11.2. The Hall–Kier alpha value is -0.780. The molecule has 0 N–H and O–H groups in total. The molecule has 102 valence electrons. The molecular weight excluding hydrogens is 204 g/mol. The highest BCUT2D eigenvalue weighted by atomic mass is 14.2. The summed E-state index contributed by atoms with van der Waals surface area (Å²) in [5.74, 6) is 0.843. The molecule has 0 spiro atoms. The molecule has 0 fully saturated rings. The first-order chi connectivity index (χ1) is 6.81. The van der Waals surface area contributed by atoms with Crippen LogP contribution in [0, 0.1) is 18.3 Å². The van der Waals surface area contributed by atoms with Gasteiger partial charge >= 0.3 is 0 Å². The maximum absolute atomic E-state index is 2.28. The molecule has 0 atom stereocenters. The Morgan fingerprint density at radius 2 is 1.35 bits per heavy atom. The van der Waals surface area contributed by atoms with E-state index in [-0.39, 0.29) is 14.9 Å². The predicted octanol–water partition coefficient (Wildman–Crippen LogP) is 6.35. The van der Waals surface area contributed by atoms with Crippen molar-refractivity contribution in [2.24, 2.45) is 11.3 Å². The number of hydrogen-bond donors (Lipinski definition) is 0. The summed E-state index contributed by atoms with van der Waals surface area (Å²) in [7, 11) is 0. The summed E-state index contributed by atoms with van der Waals surface area (Å²) in [4.78, 5) is 0. The highest BCUT2D eigenvalue weighted by Gasteiger charge is 2.11. The lowest BCUT2D eigenvalue weighted by molar-refractivity contribution is 0.320. The number of rotatable bonds is 1. The third-order valence-corrected chi connectivity index (χ3v) is 1.96. The molecule has 1 rings (SSSR count). The molecule has 0 heteroatoms. The van der Waals surface area contributed by atoms with E-state index in [2.05, 4.69) is 53.7 Å². The van der Waals surface area contributed by atoms with Crippen molar-refractivity contribution in [1.29, 1.82) is 0 Å². The lowest BCUT2D eigenvalue weighted by Crippen LogP contribution is -2.08. The second kappa shape index (κ2) is 10.4. The summed E-state index contributed by atoms with van der Waals surface area (Å²) < 4.78 is 0. The van der Waals surface area contributed by atoms with Crippen molar-refractivity contribution in [3.63, 3.8) is 0 Å². The zero-order valence-corrected chi connectivity index (χ0v) is 11.2. The van der Waals surface area contributed by atoms with Gasteiger partial charge in [0.1, 0.15) is 0 Å². The molecule has 0 unspecified atom stereocenters. The van der Waals surface area contributed by atoms with Gasteiger partial charge in [0.2, 0.25) is 0 Å². The molecule has 0 saturated carbocycles. The molecular formula is C17H34. The summed E-state index contributed by atoms with van der Waals surface area (Å²) in [6, 6.07) is 10.3. The van der Waals surface area contributed by atoms with Crippen LogP contribution in [0.1, 0.15) is 61.5 Å². The van der Waals surface area contributed by atoms with Crippen molar-refractivity contribution < 1.29 is 0 Å². The van der Waals surface area contributed by atoms with E-state index in [1.54, 1.807) is 0 Å². The molecule has 1 aromatic carbocycles. The van der Waals surface area contributed by atoms with Crippen LogP contribution >= 0.6 is 0 Å². The number of benzene rings is 1. The smallest absolute Gasteiger partial charge is 0.0380 e. The van der Waals surface area contributed by atoms with Gasteiger partial charge in [-0.3, -0.25) is 0 Å². The van der Waals surface area contributed by atoms with Gasteiger partial charge in [0.25, 0.3) is 0 Å². The Bertz CT molecular complexity index is 238. The van der Waals surface area contributed by atoms with Gasteiger partial charge in [0, 0.05) is 0 Å². The second-order valence-corrected chi connectivity index (χ2v) is 5.81. The molecule has 17 heavy (non-hydrogen) atoms. The van der Waals surface area contributed by atoms with Crippen molar-refractivity contribution in [3.05, 3.63) is 35.9 Å². The van der Waals surface area contributed by atoms with E-state index in [0.717, 1.165) is 5.92 Å². The largest absolute Gasteiger partial charge is 0.0776 e. The lowest BCUT2D eigenvalue weighted by Gasteiger charge is -2.19. The van der Waals surface area contributed by atoms with Crippen LogP contribution in [0.5, 0.6) is 0 Å². The van der Waals surface area contributed by atoms with Gasteiger partial charge in [-0.05, 0) is 24.7 Å². The van der Waals surface area contributed by atoms with E-state index < -0.39 is 0 Å². The van der Waals surface area contributed by atoms with E-state index in [1.165, 1.54) is 12.0 Å². The standard InChI is InChI=1S/C8H18.C7H8.2CH4/c1-7(2)6-8(3,4)5;1-7-5-3-2-4-6-7;;/h7H,6H2,1-5H3;2-6H,1H3;2*1H4. The molecule has 0 aromatic heterocycles. The maximum atomic E-state index is 2.28. The van der Waals surface area contributed by atoms with E-state index in [1.807, 2.05) is 18.2 Å². The van der Waals surface area contributed by atoms with Crippen molar-refractivity contribution in [2.75, 3.05) is 0 Å². The van der Waals surface area contributed by atoms with Crippen LogP contribution in [-0.4, -0.2) is 0 Å². The molecule has 0 nitrogen and oxygen atoms in total. The van der Waals surface area contributed by atoms with Crippen LogP contribution in [0.25, 0.3) is 0 Å².